The Kier molecular flexibility index (Phi) is 4.11. The van der Waals surface area contributed by atoms with Gasteiger partial charge in [-0.25, -0.2) is 5.53 Å². The maximum atomic E-state index is 11.7. The minimum Gasteiger partial charge on any atom is -0.497 e. The van der Waals surface area contributed by atoms with Crippen LogP contribution < -0.4 is 15.4 Å². The fraction of sp³-hybridized carbons (Fsp3) is 0.462. The summed E-state index contributed by atoms with van der Waals surface area (Å²) in [7, 11) is 1.60. The highest BCUT2D eigenvalue weighted by Gasteiger charge is 2.27. The first kappa shape index (κ1) is 13.5. The predicted molar refractivity (Wildman–Crippen MR) is 71.6 cm³/mol. The number of methoxy groups -OCH3 is 1. The van der Waals surface area contributed by atoms with Crippen LogP contribution in [-0.4, -0.2) is 25.6 Å². The molecule has 1 aliphatic heterocycles. The van der Waals surface area contributed by atoms with Crippen LogP contribution in [0, 0.1) is 5.53 Å². The minimum absolute atomic E-state index is 0.0891. The highest BCUT2D eigenvalue weighted by molar-refractivity contribution is 5.94. The molecule has 3 N–H and O–H groups in total. The number of amides is 1. The smallest absolute Gasteiger partial charge is 0.238 e. The molecule has 1 aliphatic rings. The van der Waals surface area contributed by atoms with Crippen LogP contribution in [0.5, 0.6) is 5.75 Å². The van der Waals surface area contributed by atoms with Gasteiger partial charge in [0.25, 0.3) is 0 Å². The molecule has 19 heavy (non-hydrogen) atoms. The van der Waals surface area contributed by atoms with Crippen molar-refractivity contribution in [3.05, 3.63) is 23.8 Å². The van der Waals surface area contributed by atoms with Crippen LogP contribution in [-0.2, 0) is 4.79 Å². The number of rotatable bonds is 4. The van der Waals surface area contributed by atoms with Crippen molar-refractivity contribution in [3.63, 3.8) is 0 Å². The van der Waals surface area contributed by atoms with E-state index >= 15 is 0 Å². The Hall–Kier alpha value is -1.95. The van der Waals surface area contributed by atoms with Crippen molar-refractivity contribution in [2.45, 2.75) is 25.4 Å². The van der Waals surface area contributed by atoms with Crippen molar-refractivity contribution in [2.24, 2.45) is 5.11 Å². The van der Waals surface area contributed by atoms with E-state index in [0.29, 0.717) is 0 Å². The SMILES string of the molecule is CCC(N=N)C1NCC(=O)Nc2ccc(OC)cc21. The van der Waals surface area contributed by atoms with Crippen LogP contribution in [0.25, 0.3) is 0 Å². The maximum Gasteiger partial charge on any atom is 0.238 e. The number of carbonyl (C=O) groups is 1. The lowest BCUT2D eigenvalue weighted by atomic mass is 9.96. The molecule has 2 unspecified atom stereocenters. The first-order valence-electron chi connectivity index (χ1n) is 6.27. The van der Waals surface area contributed by atoms with E-state index < -0.39 is 0 Å². The van der Waals surface area contributed by atoms with Crippen molar-refractivity contribution in [1.29, 1.82) is 5.53 Å². The number of nitrogens with zero attached hydrogens (tertiary/aromatic N) is 1. The molecule has 0 saturated carbocycles. The minimum atomic E-state index is -0.196. The molecule has 1 aromatic rings. The molecule has 1 amide bonds. The van der Waals surface area contributed by atoms with E-state index in [2.05, 4.69) is 15.7 Å². The summed E-state index contributed by atoms with van der Waals surface area (Å²) in [4.78, 5) is 11.7. The normalized spacial score (nSPS) is 19.9. The molecule has 0 aromatic heterocycles. The van der Waals surface area contributed by atoms with Crippen LogP contribution in [0.3, 0.4) is 0 Å². The summed E-state index contributed by atoms with van der Waals surface area (Å²) < 4.78 is 5.23. The van der Waals surface area contributed by atoms with Gasteiger partial charge in [0.15, 0.2) is 0 Å². The number of fused-ring (bicyclic) bond motifs is 1. The topological polar surface area (TPSA) is 86.6 Å². The monoisotopic (exact) mass is 262 g/mol. The standard InChI is InChI=1S/C13H18N4O2/c1-3-10(17-14)13-9-6-8(19-2)4-5-11(9)16-12(18)7-15-13/h4-6,10,13-15H,3,7H2,1-2H3,(H,16,18). The van der Waals surface area contributed by atoms with E-state index in [-0.39, 0.29) is 24.5 Å². The van der Waals surface area contributed by atoms with Crippen LogP contribution in [0.4, 0.5) is 5.69 Å². The van der Waals surface area contributed by atoms with Gasteiger partial charge in [0.05, 0.1) is 25.7 Å². The quantitative estimate of drug-likeness (QED) is 0.726. The second-order valence-corrected chi connectivity index (χ2v) is 4.46. The van der Waals surface area contributed by atoms with E-state index in [4.69, 9.17) is 10.3 Å². The zero-order chi connectivity index (χ0) is 13.8. The maximum absolute atomic E-state index is 11.7. The molecule has 102 valence electrons. The average molecular weight is 262 g/mol. The van der Waals surface area contributed by atoms with Crippen LogP contribution >= 0.6 is 0 Å². The van der Waals surface area contributed by atoms with Crippen molar-refractivity contribution in [3.8, 4) is 5.75 Å². The zero-order valence-electron chi connectivity index (χ0n) is 11.1. The van der Waals surface area contributed by atoms with Gasteiger partial charge in [0.1, 0.15) is 5.75 Å². The molecule has 6 heteroatoms. The van der Waals surface area contributed by atoms with Gasteiger partial charge < -0.3 is 10.1 Å². The Morgan fingerprint density at radius 3 is 3.00 bits per heavy atom. The number of hydrogen-bond donors (Lipinski definition) is 3. The highest BCUT2D eigenvalue weighted by atomic mass is 16.5. The molecular formula is C13H18N4O2. The van der Waals surface area contributed by atoms with Crippen molar-refractivity contribution in [1.82, 2.24) is 5.32 Å². The summed E-state index contributed by atoms with van der Waals surface area (Å²) >= 11 is 0. The molecule has 2 atom stereocenters. The third-order valence-corrected chi connectivity index (χ3v) is 3.32. The average Bonchev–Trinajstić information content (AvgIpc) is 2.59. The second-order valence-electron chi connectivity index (χ2n) is 4.46. The third-order valence-electron chi connectivity index (χ3n) is 3.32. The van der Waals surface area contributed by atoms with Gasteiger partial charge >= 0.3 is 0 Å². The van der Waals surface area contributed by atoms with E-state index in [0.717, 1.165) is 23.4 Å². The Bertz CT molecular complexity index is 490. The highest BCUT2D eigenvalue weighted by Crippen LogP contribution is 2.32. The first-order valence-corrected chi connectivity index (χ1v) is 6.27. The Morgan fingerprint density at radius 2 is 2.37 bits per heavy atom. The van der Waals surface area contributed by atoms with Crippen LogP contribution in [0.1, 0.15) is 24.9 Å². The van der Waals surface area contributed by atoms with Crippen molar-refractivity contribution >= 4 is 11.6 Å². The summed E-state index contributed by atoms with van der Waals surface area (Å²) in [6.07, 6.45) is 0.728. The van der Waals surface area contributed by atoms with Crippen LogP contribution in [0.15, 0.2) is 23.3 Å². The zero-order valence-corrected chi connectivity index (χ0v) is 11.1. The van der Waals surface area contributed by atoms with Gasteiger partial charge in [-0.05, 0) is 30.2 Å². The first-order chi connectivity index (χ1) is 9.19. The number of ether oxygens (including phenoxy) is 1. The van der Waals surface area contributed by atoms with Crippen molar-refractivity contribution < 1.29 is 9.53 Å². The van der Waals surface area contributed by atoms with Gasteiger partial charge in [-0.15, -0.1) is 0 Å². The number of nitrogens with one attached hydrogen (secondary N) is 3. The molecule has 0 bridgehead atoms. The molecule has 0 saturated heterocycles. The Morgan fingerprint density at radius 1 is 1.58 bits per heavy atom. The summed E-state index contributed by atoms with van der Waals surface area (Å²) in [5.74, 6) is 0.635. The molecule has 1 aromatic carbocycles. The van der Waals surface area contributed by atoms with Crippen molar-refractivity contribution in [2.75, 3.05) is 19.0 Å². The Labute approximate surface area is 112 Å². The molecule has 2 rings (SSSR count). The van der Waals surface area contributed by atoms with Gasteiger partial charge in [0.2, 0.25) is 5.91 Å². The lowest BCUT2D eigenvalue weighted by molar-refractivity contribution is -0.115. The molecule has 0 radical (unpaired) electrons. The molecule has 6 nitrogen and oxygen atoms in total. The van der Waals surface area contributed by atoms with Gasteiger partial charge in [-0.3, -0.25) is 10.1 Å². The van der Waals surface area contributed by atoms with Gasteiger partial charge in [0, 0.05) is 5.69 Å². The number of benzene rings is 1. The predicted octanol–water partition coefficient (Wildman–Crippen LogP) is 2.09. The molecule has 1 heterocycles. The molecule has 0 fully saturated rings. The fourth-order valence-corrected chi connectivity index (χ4v) is 2.29. The molecule has 0 aliphatic carbocycles. The summed E-state index contributed by atoms with van der Waals surface area (Å²) in [5.41, 5.74) is 8.97. The number of anilines is 1. The molecular weight excluding hydrogens is 244 g/mol. The lowest BCUT2D eigenvalue weighted by Crippen LogP contribution is -2.33. The Balaban J connectivity index is 2.46. The van der Waals surface area contributed by atoms with Gasteiger partial charge in [-0.2, -0.15) is 5.11 Å². The van der Waals surface area contributed by atoms with E-state index in [9.17, 15) is 4.79 Å². The lowest BCUT2D eigenvalue weighted by Gasteiger charge is -2.23. The second kappa shape index (κ2) is 5.79. The fourth-order valence-electron chi connectivity index (χ4n) is 2.29. The number of carbonyl (C=O) groups excluding carboxylic acids is 1. The summed E-state index contributed by atoms with van der Waals surface area (Å²) in [6.45, 7) is 2.19. The van der Waals surface area contributed by atoms with E-state index in [1.54, 1.807) is 13.2 Å². The summed E-state index contributed by atoms with van der Waals surface area (Å²) in [6, 6.07) is 5.15. The van der Waals surface area contributed by atoms with E-state index in [1.807, 2.05) is 19.1 Å². The van der Waals surface area contributed by atoms with E-state index in [1.165, 1.54) is 0 Å². The largest absolute Gasteiger partial charge is 0.497 e. The molecule has 0 spiro atoms. The third kappa shape index (κ3) is 2.73. The summed E-state index contributed by atoms with van der Waals surface area (Å²) in [5, 5.41) is 9.67. The number of hydrogen-bond acceptors (Lipinski definition) is 5. The van der Waals surface area contributed by atoms with Crippen LogP contribution in [0.2, 0.25) is 0 Å². The van der Waals surface area contributed by atoms with Gasteiger partial charge in [-0.1, -0.05) is 6.92 Å².